The molecule has 5 heteroatoms. The highest BCUT2D eigenvalue weighted by atomic mass is 16.5. The van der Waals surface area contributed by atoms with E-state index in [1.807, 2.05) is 46.8 Å². The van der Waals surface area contributed by atoms with E-state index >= 15 is 0 Å². The highest BCUT2D eigenvalue weighted by molar-refractivity contribution is 5.77. The van der Waals surface area contributed by atoms with Crippen LogP contribution in [0.15, 0.2) is 18.2 Å². The summed E-state index contributed by atoms with van der Waals surface area (Å²) < 4.78 is 5.88. The average Bonchev–Trinajstić information content (AvgIpc) is 2.47. The number of rotatable bonds is 3. The number of hydrogen-bond acceptors (Lipinski definition) is 3. The number of nitrogen functional groups attached to an aromatic ring is 1. The monoisotopic (exact) mass is 374 g/mol. The van der Waals surface area contributed by atoms with Crippen molar-refractivity contribution in [2.75, 3.05) is 5.73 Å². The smallest absolute Gasteiger partial charge is 0.408 e. The van der Waals surface area contributed by atoms with Gasteiger partial charge >= 0.3 is 6.09 Å². The summed E-state index contributed by atoms with van der Waals surface area (Å²) in [6, 6.07) is 3.72. The molecule has 1 amide bonds. The Morgan fingerprint density at radius 2 is 1.96 bits per heavy atom. The molecule has 1 aliphatic heterocycles. The highest BCUT2D eigenvalue weighted by Gasteiger charge is 2.49. The van der Waals surface area contributed by atoms with Gasteiger partial charge in [0.15, 0.2) is 0 Å². The number of benzene rings is 1. The summed E-state index contributed by atoms with van der Waals surface area (Å²) >= 11 is 0. The molecule has 0 bridgehead atoms. The first-order valence-corrected chi connectivity index (χ1v) is 9.58. The maximum atomic E-state index is 12.0. The van der Waals surface area contributed by atoms with Crippen molar-refractivity contribution < 1.29 is 14.6 Å². The summed E-state index contributed by atoms with van der Waals surface area (Å²) in [6.07, 6.45) is 1.84. The molecule has 1 aliphatic rings. The normalized spacial score (nSPS) is 23.4. The Labute approximate surface area is 163 Å². The van der Waals surface area contributed by atoms with Crippen LogP contribution in [0.4, 0.5) is 10.5 Å². The van der Waals surface area contributed by atoms with Crippen molar-refractivity contribution in [3.63, 3.8) is 0 Å². The summed E-state index contributed by atoms with van der Waals surface area (Å²) in [5, 5.41) is 9.86. The van der Waals surface area contributed by atoms with Gasteiger partial charge in [0, 0.05) is 0 Å². The molecule has 27 heavy (non-hydrogen) atoms. The van der Waals surface area contributed by atoms with Gasteiger partial charge in [0.05, 0.1) is 23.4 Å². The zero-order chi connectivity index (χ0) is 20.7. The molecular formula is C22H34N2O3. The van der Waals surface area contributed by atoms with Crippen LogP contribution in [-0.4, -0.2) is 33.8 Å². The predicted octanol–water partition coefficient (Wildman–Crippen LogP) is 5.32. The molecule has 0 aliphatic carbocycles. The third-order valence-corrected chi connectivity index (χ3v) is 5.80. The lowest BCUT2D eigenvalue weighted by Crippen LogP contribution is -2.61. The van der Waals surface area contributed by atoms with E-state index < -0.39 is 11.6 Å². The second-order valence-corrected chi connectivity index (χ2v) is 9.16. The first-order chi connectivity index (χ1) is 12.3. The standard InChI is InChI=1S/C22H34N2O3/c1-13(2)27-19-11-17(14(3)9-18(19)23)16-10-15(4)24(20(25)26)22(8,12-16)21(5,6)7/h9-11,13,15H,12,23H2,1-8H3,(H,25,26). The molecule has 1 aromatic carbocycles. The summed E-state index contributed by atoms with van der Waals surface area (Å²) in [5.41, 5.74) is 9.31. The number of ether oxygens (including phenoxy) is 1. The largest absolute Gasteiger partial charge is 0.489 e. The van der Waals surface area contributed by atoms with Crippen LogP contribution in [0.2, 0.25) is 0 Å². The second-order valence-electron chi connectivity index (χ2n) is 9.16. The van der Waals surface area contributed by atoms with Crippen LogP contribution in [0.3, 0.4) is 0 Å². The van der Waals surface area contributed by atoms with Gasteiger partial charge in [-0.15, -0.1) is 0 Å². The minimum atomic E-state index is -0.881. The third-order valence-electron chi connectivity index (χ3n) is 5.80. The number of nitrogens with two attached hydrogens (primary N) is 1. The molecule has 0 aromatic heterocycles. The van der Waals surface area contributed by atoms with Gasteiger partial charge in [0.25, 0.3) is 0 Å². The lowest BCUT2D eigenvalue weighted by molar-refractivity contribution is 0.000939. The van der Waals surface area contributed by atoms with Crippen molar-refractivity contribution in [2.24, 2.45) is 5.41 Å². The van der Waals surface area contributed by atoms with Gasteiger partial charge in [-0.3, -0.25) is 4.90 Å². The Morgan fingerprint density at radius 3 is 2.44 bits per heavy atom. The number of nitrogens with zero attached hydrogens (tertiary/aromatic N) is 1. The highest BCUT2D eigenvalue weighted by Crippen LogP contribution is 2.47. The molecule has 0 fully saturated rings. The predicted molar refractivity (Wildman–Crippen MR) is 111 cm³/mol. The maximum Gasteiger partial charge on any atom is 0.408 e. The van der Waals surface area contributed by atoms with Gasteiger partial charge in [-0.1, -0.05) is 26.8 Å². The van der Waals surface area contributed by atoms with Crippen LogP contribution in [-0.2, 0) is 0 Å². The van der Waals surface area contributed by atoms with Crippen molar-refractivity contribution in [2.45, 2.75) is 79.5 Å². The third kappa shape index (κ3) is 3.92. The number of amides is 1. The molecule has 150 valence electrons. The lowest BCUT2D eigenvalue weighted by Gasteiger charge is -2.53. The van der Waals surface area contributed by atoms with Gasteiger partial charge in [0.1, 0.15) is 5.75 Å². The van der Waals surface area contributed by atoms with E-state index in [9.17, 15) is 9.90 Å². The second kappa shape index (κ2) is 7.10. The first-order valence-electron chi connectivity index (χ1n) is 9.58. The average molecular weight is 375 g/mol. The molecule has 2 rings (SSSR count). The number of carboxylic acid groups (broad SMARTS) is 1. The number of hydrogen-bond donors (Lipinski definition) is 2. The summed E-state index contributed by atoms with van der Waals surface area (Å²) in [4.78, 5) is 13.6. The Bertz CT molecular complexity index is 762. The minimum Gasteiger partial charge on any atom is -0.489 e. The van der Waals surface area contributed by atoms with Gasteiger partial charge in [-0.2, -0.15) is 0 Å². The van der Waals surface area contributed by atoms with E-state index in [2.05, 4.69) is 26.8 Å². The SMILES string of the molecule is Cc1cc(N)c(OC(C)C)cc1C1=CC(C)N(C(=O)O)C(C)(C(C)(C)C)C1. The maximum absolute atomic E-state index is 12.0. The summed E-state index contributed by atoms with van der Waals surface area (Å²) in [5.74, 6) is 0.678. The first kappa shape index (κ1) is 21.1. The number of aryl methyl sites for hydroxylation is 1. The van der Waals surface area contributed by atoms with Crippen LogP contribution < -0.4 is 10.5 Å². The van der Waals surface area contributed by atoms with E-state index in [4.69, 9.17) is 10.5 Å². The van der Waals surface area contributed by atoms with E-state index in [0.29, 0.717) is 17.9 Å². The fourth-order valence-corrected chi connectivity index (χ4v) is 3.94. The zero-order valence-corrected chi connectivity index (χ0v) is 17.9. The van der Waals surface area contributed by atoms with Crippen LogP contribution in [0.25, 0.3) is 5.57 Å². The minimum absolute atomic E-state index is 0.0319. The van der Waals surface area contributed by atoms with Crippen molar-refractivity contribution in [3.05, 3.63) is 29.3 Å². The zero-order valence-electron chi connectivity index (χ0n) is 17.9. The van der Waals surface area contributed by atoms with Crippen LogP contribution in [0.1, 0.15) is 66.0 Å². The van der Waals surface area contributed by atoms with Crippen molar-refractivity contribution >= 4 is 17.4 Å². The Kier molecular flexibility index (Phi) is 5.56. The number of carbonyl (C=O) groups is 1. The van der Waals surface area contributed by atoms with E-state index in [1.165, 1.54) is 0 Å². The van der Waals surface area contributed by atoms with Crippen molar-refractivity contribution in [3.8, 4) is 5.75 Å². The van der Waals surface area contributed by atoms with Gasteiger partial charge < -0.3 is 15.6 Å². The number of anilines is 1. The molecular weight excluding hydrogens is 340 g/mol. The molecule has 1 heterocycles. The molecule has 2 unspecified atom stereocenters. The molecule has 2 atom stereocenters. The van der Waals surface area contributed by atoms with Crippen LogP contribution >= 0.6 is 0 Å². The van der Waals surface area contributed by atoms with Crippen molar-refractivity contribution in [1.29, 1.82) is 0 Å². The summed E-state index contributed by atoms with van der Waals surface area (Å²) in [6.45, 7) is 16.3. The molecule has 5 nitrogen and oxygen atoms in total. The fourth-order valence-electron chi connectivity index (χ4n) is 3.94. The molecule has 3 N–H and O–H groups in total. The van der Waals surface area contributed by atoms with E-state index in [-0.39, 0.29) is 17.6 Å². The van der Waals surface area contributed by atoms with Gasteiger partial charge in [-0.05, 0) is 75.3 Å². The van der Waals surface area contributed by atoms with Crippen molar-refractivity contribution in [1.82, 2.24) is 4.90 Å². The molecule has 1 aromatic rings. The quantitative estimate of drug-likeness (QED) is 0.702. The Hall–Kier alpha value is -2.17. The van der Waals surface area contributed by atoms with Gasteiger partial charge in [-0.25, -0.2) is 4.79 Å². The fraction of sp³-hybridized carbons (Fsp3) is 0.591. The van der Waals surface area contributed by atoms with Gasteiger partial charge in [0.2, 0.25) is 0 Å². The lowest BCUT2D eigenvalue weighted by atomic mass is 9.67. The molecule has 0 radical (unpaired) electrons. The molecule has 0 spiro atoms. The topological polar surface area (TPSA) is 75.8 Å². The summed E-state index contributed by atoms with van der Waals surface area (Å²) in [7, 11) is 0. The molecule has 0 saturated carbocycles. The Morgan fingerprint density at radius 1 is 1.37 bits per heavy atom. The molecule has 0 saturated heterocycles. The van der Waals surface area contributed by atoms with E-state index in [0.717, 1.165) is 16.7 Å². The van der Waals surface area contributed by atoms with Crippen LogP contribution in [0.5, 0.6) is 5.75 Å². The van der Waals surface area contributed by atoms with E-state index in [1.54, 1.807) is 4.90 Å². The Balaban J connectivity index is 2.60. The van der Waals surface area contributed by atoms with Crippen LogP contribution in [0, 0.1) is 12.3 Å².